The average molecular weight is 530 g/mol. The lowest BCUT2D eigenvalue weighted by atomic mass is 9.53. The summed E-state index contributed by atoms with van der Waals surface area (Å²) in [6.07, 6.45) is 9.22. The first-order valence-corrected chi connectivity index (χ1v) is 13.4. The van der Waals surface area contributed by atoms with Crippen molar-refractivity contribution in [2.24, 2.45) is 5.41 Å². The van der Waals surface area contributed by atoms with E-state index in [-0.39, 0.29) is 22.8 Å². The van der Waals surface area contributed by atoms with Crippen molar-refractivity contribution in [1.82, 2.24) is 40.2 Å². The molecular formula is C28H32FN9O. The van der Waals surface area contributed by atoms with Crippen LogP contribution in [-0.4, -0.2) is 40.8 Å². The molecule has 11 heteroatoms. The van der Waals surface area contributed by atoms with Crippen molar-refractivity contribution in [3.63, 3.8) is 0 Å². The Kier molecular flexibility index (Phi) is 6.16. The number of nitrogens with zero attached hydrogens (tertiary/aromatic N) is 6. The monoisotopic (exact) mass is 529 g/mol. The highest BCUT2D eigenvalue weighted by Crippen LogP contribution is 2.57. The standard InChI is InChI=1S/C28H32FN9O/c1-17-12-22(34-23-13-18(2)36-37-23)35-25(32-17)27-6-9-28(10-7-27,11-8-27)26(39)33-19(3)20-4-5-24(30-14-20)38-16-21(29)15-31-38/h4-5,12-16,19H,6-11H2,1-3H3,(H,33,39)(H2,32,34,35,36,37)/t19-,27?,28?/m0/s1. The number of nitrogens with one attached hydrogen (secondary N) is 3. The third-order valence-corrected chi connectivity index (χ3v) is 8.43. The van der Waals surface area contributed by atoms with Crippen molar-refractivity contribution >= 4 is 17.5 Å². The van der Waals surface area contributed by atoms with Crippen LogP contribution in [0.15, 0.2) is 42.9 Å². The van der Waals surface area contributed by atoms with Gasteiger partial charge >= 0.3 is 0 Å². The van der Waals surface area contributed by atoms with E-state index in [1.54, 1.807) is 12.3 Å². The van der Waals surface area contributed by atoms with Crippen molar-refractivity contribution in [3.05, 3.63) is 71.4 Å². The van der Waals surface area contributed by atoms with Gasteiger partial charge in [0.25, 0.3) is 0 Å². The van der Waals surface area contributed by atoms with Gasteiger partial charge in [0.2, 0.25) is 5.91 Å². The SMILES string of the molecule is Cc1cc(Nc2cc(C)nc(C34CCC(C(=O)N[C@@H](C)c5ccc(-n6cc(F)cn6)nc5)(CC3)CC4)n2)[nH]n1. The molecule has 1 amide bonds. The summed E-state index contributed by atoms with van der Waals surface area (Å²) in [5.41, 5.74) is 2.24. The number of amides is 1. The van der Waals surface area contributed by atoms with E-state index in [2.05, 4.69) is 30.9 Å². The zero-order valence-electron chi connectivity index (χ0n) is 22.3. The smallest absolute Gasteiger partial charge is 0.226 e. The van der Waals surface area contributed by atoms with Crippen LogP contribution in [0.5, 0.6) is 0 Å². The van der Waals surface area contributed by atoms with Gasteiger partial charge in [-0.25, -0.2) is 24.0 Å². The molecule has 0 aliphatic heterocycles. The summed E-state index contributed by atoms with van der Waals surface area (Å²) in [5, 5.41) is 17.6. The number of aryl methyl sites for hydroxylation is 2. The van der Waals surface area contributed by atoms with E-state index in [9.17, 15) is 9.18 Å². The van der Waals surface area contributed by atoms with Crippen molar-refractivity contribution in [2.75, 3.05) is 5.32 Å². The van der Waals surface area contributed by atoms with Gasteiger partial charge in [-0.3, -0.25) is 9.89 Å². The first kappa shape index (κ1) is 25.1. The Morgan fingerprint density at radius 3 is 2.44 bits per heavy atom. The second-order valence-corrected chi connectivity index (χ2v) is 11.1. The summed E-state index contributed by atoms with van der Waals surface area (Å²) in [7, 11) is 0. The number of carbonyl (C=O) groups is 1. The molecule has 4 aromatic heterocycles. The molecule has 0 radical (unpaired) electrons. The number of H-pyrrole nitrogens is 1. The second-order valence-electron chi connectivity index (χ2n) is 11.1. The molecule has 0 aromatic carbocycles. The Morgan fingerprint density at radius 2 is 1.82 bits per heavy atom. The molecule has 7 rings (SSSR count). The maximum Gasteiger partial charge on any atom is 0.226 e. The van der Waals surface area contributed by atoms with Gasteiger partial charge in [0, 0.05) is 34.9 Å². The summed E-state index contributed by atoms with van der Waals surface area (Å²) in [4.78, 5) is 27.7. The van der Waals surface area contributed by atoms with Crippen LogP contribution in [0.1, 0.15) is 74.3 Å². The maximum atomic E-state index is 13.6. The van der Waals surface area contributed by atoms with Crippen LogP contribution < -0.4 is 10.6 Å². The number of rotatable bonds is 7. The molecule has 1 atom stereocenters. The number of hydrogen-bond acceptors (Lipinski definition) is 7. The van der Waals surface area contributed by atoms with Crippen LogP contribution in [0.2, 0.25) is 0 Å². The van der Waals surface area contributed by atoms with Gasteiger partial charge in [0.15, 0.2) is 11.6 Å². The number of pyridine rings is 1. The number of carbonyl (C=O) groups excluding carboxylic acids is 1. The van der Waals surface area contributed by atoms with E-state index in [0.717, 1.165) is 79.1 Å². The van der Waals surface area contributed by atoms with Crippen molar-refractivity contribution in [2.45, 2.75) is 70.8 Å². The van der Waals surface area contributed by atoms with Crippen LogP contribution in [-0.2, 0) is 10.2 Å². The number of anilines is 2. The summed E-state index contributed by atoms with van der Waals surface area (Å²) in [6.45, 7) is 5.89. The number of fused-ring (bicyclic) bond motifs is 3. The molecule has 3 aliphatic carbocycles. The van der Waals surface area contributed by atoms with Crippen LogP contribution >= 0.6 is 0 Å². The number of aromatic amines is 1. The first-order chi connectivity index (χ1) is 18.7. The van der Waals surface area contributed by atoms with Gasteiger partial charge in [-0.1, -0.05) is 6.07 Å². The first-order valence-electron chi connectivity index (χ1n) is 13.4. The van der Waals surface area contributed by atoms with Crippen molar-refractivity contribution in [3.8, 4) is 5.82 Å². The van der Waals surface area contributed by atoms with Crippen LogP contribution in [0.4, 0.5) is 16.0 Å². The molecule has 0 unspecified atom stereocenters. The minimum Gasteiger partial charge on any atom is -0.349 e. The fraction of sp³-hybridized carbons (Fsp3) is 0.429. The largest absolute Gasteiger partial charge is 0.349 e. The lowest BCUT2D eigenvalue weighted by Crippen LogP contribution is -2.52. The average Bonchev–Trinajstić information content (AvgIpc) is 3.57. The van der Waals surface area contributed by atoms with E-state index < -0.39 is 5.82 Å². The Hall–Kier alpha value is -4.15. The van der Waals surface area contributed by atoms with Crippen LogP contribution in [0.25, 0.3) is 5.82 Å². The number of halogens is 1. The van der Waals surface area contributed by atoms with Gasteiger partial charge in [-0.2, -0.15) is 10.2 Å². The Balaban J connectivity index is 1.12. The highest BCUT2D eigenvalue weighted by molar-refractivity contribution is 5.83. The molecule has 39 heavy (non-hydrogen) atoms. The molecule has 0 spiro atoms. The number of hydrogen-bond donors (Lipinski definition) is 3. The molecule has 2 bridgehead atoms. The molecular weight excluding hydrogens is 497 g/mol. The van der Waals surface area contributed by atoms with E-state index >= 15 is 0 Å². The predicted octanol–water partition coefficient (Wildman–Crippen LogP) is 4.75. The molecule has 3 saturated carbocycles. The van der Waals surface area contributed by atoms with E-state index in [1.807, 2.05) is 39.0 Å². The van der Waals surface area contributed by atoms with E-state index in [4.69, 9.17) is 9.97 Å². The maximum absolute atomic E-state index is 13.6. The second kappa shape index (κ2) is 9.55. The molecule has 3 aliphatic rings. The Morgan fingerprint density at radius 1 is 1.05 bits per heavy atom. The predicted molar refractivity (Wildman–Crippen MR) is 143 cm³/mol. The topological polar surface area (TPSA) is 126 Å². The third-order valence-electron chi connectivity index (χ3n) is 8.43. The lowest BCUT2D eigenvalue weighted by molar-refractivity contribution is -0.138. The van der Waals surface area contributed by atoms with Crippen LogP contribution in [0.3, 0.4) is 0 Å². The van der Waals surface area contributed by atoms with Gasteiger partial charge in [-0.15, -0.1) is 0 Å². The van der Waals surface area contributed by atoms with Crippen molar-refractivity contribution < 1.29 is 9.18 Å². The normalized spacial score (nSPS) is 23.0. The van der Waals surface area contributed by atoms with Crippen LogP contribution in [0, 0.1) is 25.1 Å². The van der Waals surface area contributed by atoms with Gasteiger partial charge < -0.3 is 10.6 Å². The summed E-state index contributed by atoms with van der Waals surface area (Å²) in [6, 6.07) is 7.35. The van der Waals surface area contributed by atoms with Gasteiger partial charge in [0.05, 0.1) is 24.1 Å². The number of aromatic nitrogens is 7. The minimum atomic E-state index is -0.417. The zero-order chi connectivity index (χ0) is 27.2. The summed E-state index contributed by atoms with van der Waals surface area (Å²) in [5.74, 6) is 2.62. The summed E-state index contributed by atoms with van der Waals surface area (Å²) >= 11 is 0. The molecule has 10 nitrogen and oxygen atoms in total. The Bertz CT molecular complexity index is 1480. The zero-order valence-corrected chi connectivity index (χ0v) is 22.3. The molecule has 4 aromatic rings. The summed E-state index contributed by atoms with van der Waals surface area (Å²) < 4.78 is 14.7. The third kappa shape index (κ3) is 4.77. The fourth-order valence-electron chi connectivity index (χ4n) is 6.00. The molecule has 4 heterocycles. The van der Waals surface area contributed by atoms with E-state index in [0.29, 0.717) is 5.82 Å². The van der Waals surface area contributed by atoms with Gasteiger partial charge in [-0.05, 0) is 70.9 Å². The molecule has 3 N–H and O–H groups in total. The van der Waals surface area contributed by atoms with Crippen molar-refractivity contribution in [1.29, 1.82) is 0 Å². The molecule has 0 saturated heterocycles. The molecule has 3 fully saturated rings. The lowest BCUT2D eigenvalue weighted by Gasteiger charge is -2.51. The molecule has 202 valence electrons. The highest BCUT2D eigenvalue weighted by Gasteiger charge is 2.54. The minimum absolute atomic E-state index is 0.101. The highest BCUT2D eigenvalue weighted by atomic mass is 19.1. The fourth-order valence-corrected chi connectivity index (χ4v) is 6.00. The Labute approximate surface area is 225 Å². The van der Waals surface area contributed by atoms with E-state index in [1.165, 1.54) is 10.9 Å². The quantitative estimate of drug-likeness (QED) is 0.315. The van der Waals surface area contributed by atoms with Gasteiger partial charge in [0.1, 0.15) is 17.5 Å².